The smallest absolute Gasteiger partial charge is 0.360 e. The van der Waals surface area contributed by atoms with Crippen molar-refractivity contribution >= 4 is 0 Å². The summed E-state index contributed by atoms with van der Waals surface area (Å²) >= 11 is 0. The van der Waals surface area contributed by atoms with Crippen LogP contribution >= 0.6 is 0 Å². The van der Waals surface area contributed by atoms with Crippen molar-refractivity contribution < 1.29 is 17.9 Å². The lowest BCUT2D eigenvalue weighted by Gasteiger charge is -2.31. The number of hydrogen-bond acceptors (Lipinski definition) is 2. The summed E-state index contributed by atoms with van der Waals surface area (Å²) in [5, 5.41) is 0. The third-order valence-corrected chi connectivity index (χ3v) is 2.56. The molecule has 0 N–H and O–H groups in total. The van der Waals surface area contributed by atoms with E-state index >= 15 is 0 Å². The zero-order valence-corrected chi connectivity index (χ0v) is 10.8. The number of hydrogen-bond donors (Lipinski definition) is 0. The van der Waals surface area contributed by atoms with Gasteiger partial charge in [0.05, 0.1) is 5.69 Å². The highest BCUT2D eigenvalue weighted by Gasteiger charge is 2.36. The third kappa shape index (κ3) is 4.64. The molecule has 0 saturated heterocycles. The monoisotopic (exact) mass is 261 g/mol. The Balaban J connectivity index is 2.89. The molecule has 18 heavy (non-hydrogen) atoms. The Labute approximate surface area is 105 Å². The number of nitrogens with zero attached hydrogens (tertiary/aromatic N) is 1. The molecule has 0 aliphatic rings. The van der Waals surface area contributed by atoms with Crippen molar-refractivity contribution in [2.75, 3.05) is 6.61 Å². The first-order chi connectivity index (χ1) is 8.23. The van der Waals surface area contributed by atoms with Crippen LogP contribution in [0.15, 0.2) is 24.4 Å². The van der Waals surface area contributed by atoms with E-state index in [-0.39, 0.29) is 5.92 Å². The Morgan fingerprint density at radius 1 is 1.28 bits per heavy atom. The minimum atomic E-state index is -4.33. The molecule has 1 unspecified atom stereocenters. The zero-order valence-electron chi connectivity index (χ0n) is 10.8. The first kappa shape index (κ1) is 15.0. The molecule has 1 aromatic rings. The highest BCUT2D eigenvalue weighted by atomic mass is 19.4. The maximum atomic E-state index is 12.3. The van der Waals surface area contributed by atoms with E-state index < -0.39 is 18.4 Å². The molecular formula is C13H18F3NO. The van der Waals surface area contributed by atoms with Gasteiger partial charge in [-0.2, -0.15) is 13.2 Å². The van der Waals surface area contributed by atoms with Crippen LogP contribution in [0, 0.1) is 5.92 Å². The second-order valence-electron chi connectivity index (χ2n) is 4.95. The molecule has 0 radical (unpaired) electrons. The average Bonchev–Trinajstić information content (AvgIpc) is 2.26. The first-order valence-corrected chi connectivity index (χ1v) is 5.85. The van der Waals surface area contributed by atoms with Crippen LogP contribution in [0.3, 0.4) is 0 Å². The van der Waals surface area contributed by atoms with Crippen molar-refractivity contribution in [1.29, 1.82) is 0 Å². The van der Waals surface area contributed by atoms with Crippen molar-refractivity contribution in [2.45, 2.75) is 39.0 Å². The van der Waals surface area contributed by atoms with Gasteiger partial charge in [-0.3, -0.25) is 4.98 Å². The molecule has 2 nitrogen and oxygen atoms in total. The standard InChI is InChI=1S/C13H18F3NO/c1-10(2)8-12(3,18-9-13(14,15)16)11-6-4-5-7-17-11/h4-7,10H,8-9H2,1-3H3. The van der Waals surface area contributed by atoms with Gasteiger partial charge in [-0.25, -0.2) is 0 Å². The zero-order chi connectivity index (χ0) is 13.8. The SMILES string of the molecule is CC(C)CC(C)(OCC(F)(F)F)c1ccccn1. The van der Waals surface area contributed by atoms with Crippen molar-refractivity contribution in [2.24, 2.45) is 5.92 Å². The first-order valence-electron chi connectivity index (χ1n) is 5.85. The molecule has 1 atom stereocenters. The molecule has 0 bridgehead atoms. The summed E-state index contributed by atoms with van der Waals surface area (Å²) < 4.78 is 42.0. The van der Waals surface area contributed by atoms with Crippen LogP contribution in [0.2, 0.25) is 0 Å². The fourth-order valence-electron chi connectivity index (χ4n) is 1.93. The van der Waals surface area contributed by atoms with Crippen LogP contribution in [0.4, 0.5) is 13.2 Å². The number of alkyl halides is 3. The number of pyridine rings is 1. The second-order valence-corrected chi connectivity index (χ2v) is 4.95. The van der Waals surface area contributed by atoms with Crippen molar-refractivity contribution in [3.8, 4) is 0 Å². The summed E-state index contributed by atoms with van der Waals surface area (Å²) in [5.41, 5.74) is -0.478. The summed E-state index contributed by atoms with van der Waals surface area (Å²) in [6.45, 7) is 4.28. The molecule has 1 heterocycles. The van der Waals surface area contributed by atoms with Crippen molar-refractivity contribution in [1.82, 2.24) is 4.98 Å². The molecule has 5 heteroatoms. The molecule has 0 aliphatic heterocycles. The minimum Gasteiger partial charge on any atom is -0.360 e. The van der Waals surface area contributed by atoms with Gasteiger partial charge in [-0.05, 0) is 31.4 Å². The van der Waals surface area contributed by atoms with Gasteiger partial charge in [0, 0.05) is 6.20 Å². The van der Waals surface area contributed by atoms with Gasteiger partial charge in [0.15, 0.2) is 0 Å². The van der Waals surface area contributed by atoms with E-state index in [1.54, 1.807) is 31.3 Å². The summed E-state index contributed by atoms with van der Waals surface area (Å²) in [7, 11) is 0. The Kier molecular flexibility index (Phi) is 4.73. The van der Waals surface area contributed by atoms with Gasteiger partial charge in [0.2, 0.25) is 0 Å². The van der Waals surface area contributed by atoms with Crippen LogP contribution in [0.1, 0.15) is 32.9 Å². The summed E-state index contributed by atoms with van der Waals surface area (Å²) in [6.07, 6.45) is -2.28. The van der Waals surface area contributed by atoms with Crippen molar-refractivity contribution in [3.05, 3.63) is 30.1 Å². The van der Waals surface area contributed by atoms with E-state index in [1.807, 2.05) is 13.8 Å². The second kappa shape index (κ2) is 5.69. The molecule has 0 fully saturated rings. The lowest BCUT2D eigenvalue weighted by atomic mass is 9.90. The van der Waals surface area contributed by atoms with E-state index in [1.165, 1.54) is 0 Å². The number of halogens is 3. The Morgan fingerprint density at radius 3 is 2.39 bits per heavy atom. The van der Waals surface area contributed by atoms with Crippen LogP contribution in [-0.4, -0.2) is 17.8 Å². The predicted molar refractivity (Wildman–Crippen MR) is 63.1 cm³/mol. The fraction of sp³-hybridized carbons (Fsp3) is 0.615. The molecule has 1 aromatic heterocycles. The Bertz CT molecular complexity index is 364. The molecule has 102 valence electrons. The highest BCUT2D eigenvalue weighted by molar-refractivity contribution is 5.12. The Morgan fingerprint density at radius 2 is 1.94 bits per heavy atom. The molecule has 0 aromatic carbocycles. The Hall–Kier alpha value is -1.10. The van der Waals surface area contributed by atoms with Crippen LogP contribution in [0.25, 0.3) is 0 Å². The van der Waals surface area contributed by atoms with Crippen LogP contribution < -0.4 is 0 Å². The highest BCUT2D eigenvalue weighted by Crippen LogP contribution is 2.32. The minimum absolute atomic E-state index is 0.213. The fourth-order valence-corrected chi connectivity index (χ4v) is 1.93. The molecule has 0 saturated carbocycles. The van der Waals surface area contributed by atoms with Gasteiger partial charge in [-0.15, -0.1) is 0 Å². The van der Waals surface area contributed by atoms with Crippen molar-refractivity contribution in [3.63, 3.8) is 0 Å². The third-order valence-electron chi connectivity index (χ3n) is 2.56. The quantitative estimate of drug-likeness (QED) is 0.801. The van der Waals surface area contributed by atoms with Crippen LogP contribution in [-0.2, 0) is 10.3 Å². The van der Waals surface area contributed by atoms with E-state index in [4.69, 9.17) is 4.74 Å². The van der Waals surface area contributed by atoms with Gasteiger partial charge in [0.25, 0.3) is 0 Å². The molecule has 0 aliphatic carbocycles. The van der Waals surface area contributed by atoms with E-state index in [2.05, 4.69) is 4.98 Å². The van der Waals surface area contributed by atoms with Crippen LogP contribution in [0.5, 0.6) is 0 Å². The van der Waals surface area contributed by atoms with E-state index in [9.17, 15) is 13.2 Å². The summed E-state index contributed by atoms with van der Waals surface area (Å²) in [4.78, 5) is 4.11. The van der Waals surface area contributed by atoms with Gasteiger partial charge in [0.1, 0.15) is 12.2 Å². The maximum absolute atomic E-state index is 12.3. The van der Waals surface area contributed by atoms with Gasteiger partial charge in [-0.1, -0.05) is 19.9 Å². The maximum Gasteiger partial charge on any atom is 0.411 e. The lowest BCUT2D eigenvalue weighted by molar-refractivity contribution is -0.208. The topological polar surface area (TPSA) is 22.1 Å². The molecule has 0 spiro atoms. The largest absolute Gasteiger partial charge is 0.411 e. The number of aromatic nitrogens is 1. The lowest BCUT2D eigenvalue weighted by Crippen LogP contribution is -2.33. The summed E-state index contributed by atoms with van der Waals surface area (Å²) in [6, 6.07) is 5.17. The van der Waals surface area contributed by atoms with Gasteiger partial charge < -0.3 is 4.74 Å². The van der Waals surface area contributed by atoms with Gasteiger partial charge >= 0.3 is 6.18 Å². The predicted octanol–water partition coefficient (Wildman–Crippen LogP) is 3.92. The normalized spacial score (nSPS) is 15.7. The number of rotatable bonds is 5. The molecule has 0 amide bonds. The molecular weight excluding hydrogens is 243 g/mol. The summed E-state index contributed by atoms with van der Waals surface area (Å²) in [5.74, 6) is 0.213. The molecule has 1 rings (SSSR count). The average molecular weight is 261 g/mol. The number of ether oxygens (including phenoxy) is 1. The van der Waals surface area contributed by atoms with E-state index in [0.29, 0.717) is 12.1 Å². The van der Waals surface area contributed by atoms with E-state index in [0.717, 1.165) is 0 Å².